The first-order valence-electron chi connectivity index (χ1n) is 6.27. The molecule has 0 spiro atoms. The van der Waals surface area contributed by atoms with Gasteiger partial charge in [-0.25, -0.2) is 0 Å². The van der Waals surface area contributed by atoms with Gasteiger partial charge in [-0.1, -0.05) is 17.7 Å². The van der Waals surface area contributed by atoms with Crippen molar-refractivity contribution in [3.8, 4) is 0 Å². The van der Waals surface area contributed by atoms with Crippen molar-refractivity contribution in [2.45, 2.75) is 12.1 Å². The summed E-state index contributed by atoms with van der Waals surface area (Å²) in [7, 11) is 0. The number of anilines is 1. The zero-order chi connectivity index (χ0) is 14.8. The van der Waals surface area contributed by atoms with Crippen molar-refractivity contribution < 1.29 is 13.2 Å². The van der Waals surface area contributed by atoms with Crippen molar-refractivity contribution in [3.05, 3.63) is 28.8 Å². The third kappa shape index (κ3) is 4.17. The fourth-order valence-corrected chi connectivity index (χ4v) is 2.74. The third-order valence-electron chi connectivity index (χ3n) is 3.31. The normalized spacial score (nSPS) is 17.6. The fourth-order valence-electron chi connectivity index (χ4n) is 2.34. The molecule has 0 bridgehead atoms. The number of alkyl halides is 4. The Morgan fingerprint density at radius 1 is 1.10 bits per heavy atom. The Kier molecular flexibility index (Phi) is 5.04. The van der Waals surface area contributed by atoms with Gasteiger partial charge in [-0.2, -0.15) is 13.2 Å². The molecule has 0 saturated carbocycles. The van der Waals surface area contributed by atoms with E-state index in [-0.39, 0.29) is 0 Å². The topological polar surface area (TPSA) is 6.48 Å². The van der Waals surface area contributed by atoms with Gasteiger partial charge in [0.2, 0.25) is 0 Å². The summed E-state index contributed by atoms with van der Waals surface area (Å²) in [5.41, 5.74) is 1.86. The second-order valence-electron chi connectivity index (χ2n) is 4.79. The molecule has 1 aromatic rings. The molecule has 112 valence electrons. The largest absolute Gasteiger partial charge is 0.401 e. The standard InChI is InChI=1S/C13H15Cl2F3N2/c14-8-10-1-2-11(15)7-12(10)20-5-3-19(4-6-20)9-13(16,17)18/h1-2,7H,3-6,8-9H2. The van der Waals surface area contributed by atoms with Gasteiger partial charge in [0.25, 0.3) is 0 Å². The second-order valence-corrected chi connectivity index (χ2v) is 5.49. The van der Waals surface area contributed by atoms with Crippen molar-refractivity contribution in [2.24, 2.45) is 0 Å². The lowest BCUT2D eigenvalue weighted by Crippen LogP contribution is -2.49. The van der Waals surface area contributed by atoms with E-state index in [1.165, 1.54) is 4.90 Å². The van der Waals surface area contributed by atoms with Crippen LogP contribution in [0.2, 0.25) is 5.02 Å². The molecular weight excluding hydrogens is 312 g/mol. The Balaban J connectivity index is 2.02. The van der Waals surface area contributed by atoms with Crippen LogP contribution >= 0.6 is 23.2 Å². The van der Waals surface area contributed by atoms with Crippen LogP contribution < -0.4 is 4.90 Å². The summed E-state index contributed by atoms with van der Waals surface area (Å²) in [5, 5.41) is 0.603. The third-order valence-corrected chi connectivity index (χ3v) is 3.83. The highest BCUT2D eigenvalue weighted by molar-refractivity contribution is 6.31. The quantitative estimate of drug-likeness (QED) is 0.780. The average molecular weight is 327 g/mol. The van der Waals surface area contributed by atoms with Gasteiger partial charge in [0.1, 0.15) is 0 Å². The molecule has 1 fully saturated rings. The summed E-state index contributed by atoms with van der Waals surface area (Å²) in [6, 6.07) is 5.44. The van der Waals surface area contributed by atoms with Crippen LogP contribution in [0.5, 0.6) is 0 Å². The van der Waals surface area contributed by atoms with Gasteiger partial charge in [-0.3, -0.25) is 4.90 Å². The number of hydrogen-bond donors (Lipinski definition) is 0. The molecule has 7 heteroatoms. The fraction of sp³-hybridized carbons (Fsp3) is 0.538. The summed E-state index contributed by atoms with van der Waals surface area (Å²) in [6.45, 7) is 1.00. The van der Waals surface area contributed by atoms with Gasteiger partial charge in [0.15, 0.2) is 0 Å². The second kappa shape index (κ2) is 6.41. The Bertz CT molecular complexity index is 457. The van der Waals surface area contributed by atoms with Crippen LogP contribution in [0.1, 0.15) is 5.56 Å². The summed E-state index contributed by atoms with van der Waals surface area (Å²) in [4.78, 5) is 3.46. The molecule has 0 aromatic heterocycles. The van der Waals surface area contributed by atoms with Gasteiger partial charge in [0.05, 0.1) is 6.54 Å². The van der Waals surface area contributed by atoms with E-state index in [0.717, 1.165) is 11.3 Å². The first-order chi connectivity index (χ1) is 9.39. The van der Waals surface area contributed by atoms with Gasteiger partial charge in [0, 0.05) is 42.8 Å². The molecule has 0 amide bonds. The van der Waals surface area contributed by atoms with Gasteiger partial charge in [-0.15, -0.1) is 11.6 Å². The van der Waals surface area contributed by atoms with E-state index < -0.39 is 12.7 Å². The van der Waals surface area contributed by atoms with E-state index in [0.29, 0.717) is 37.1 Å². The number of halogens is 5. The predicted octanol–water partition coefficient (Wildman–Crippen LogP) is 3.76. The van der Waals surface area contributed by atoms with Crippen LogP contribution in [0, 0.1) is 0 Å². The molecule has 1 aliphatic rings. The Morgan fingerprint density at radius 3 is 2.30 bits per heavy atom. The van der Waals surface area contributed by atoms with Crippen LogP contribution in [0.15, 0.2) is 18.2 Å². The maximum atomic E-state index is 12.3. The van der Waals surface area contributed by atoms with Crippen LogP contribution in [0.3, 0.4) is 0 Å². The molecule has 1 aromatic carbocycles. The van der Waals surface area contributed by atoms with Crippen molar-refractivity contribution >= 4 is 28.9 Å². The monoisotopic (exact) mass is 326 g/mol. The van der Waals surface area contributed by atoms with Crippen LogP contribution in [-0.2, 0) is 5.88 Å². The minimum atomic E-state index is -4.14. The highest BCUT2D eigenvalue weighted by Crippen LogP contribution is 2.27. The molecule has 1 heterocycles. The Hall–Kier alpha value is -0.650. The molecular formula is C13H15Cl2F3N2. The maximum Gasteiger partial charge on any atom is 0.401 e. The smallest absolute Gasteiger partial charge is 0.369 e. The molecule has 0 atom stereocenters. The lowest BCUT2D eigenvalue weighted by molar-refractivity contribution is -0.146. The van der Waals surface area contributed by atoms with E-state index in [4.69, 9.17) is 23.2 Å². The predicted molar refractivity (Wildman–Crippen MR) is 75.7 cm³/mol. The molecule has 0 unspecified atom stereocenters. The molecule has 2 rings (SSSR count). The molecule has 20 heavy (non-hydrogen) atoms. The molecule has 0 N–H and O–H groups in total. The van der Waals surface area contributed by atoms with E-state index in [1.807, 2.05) is 17.0 Å². The summed E-state index contributed by atoms with van der Waals surface area (Å²) in [5.74, 6) is 0.356. The molecule has 0 aliphatic carbocycles. The highest BCUT2D eigenvalue weighted by Gasteiger charge is 2.32. The first-order valence-corrected chi connectivity index (χ1v) is 7.19. The number of piperazine rings is 1. The molecule has 0 radical (unpaired) electrons. The molecule has 1 aliphatic heterocycles. The van der Waals surface area contributed by atoms with E-state index >= 15 is 0 Å². The highest BCUT2D eigenvalue weighted by atomic mass is 35.5. The van der Waals surface area contributed by atoms with Gasteiger partial charge < -0.3 is 4.90 Å². The number of hydrogen-bond acceptors (Lipinski definition) is 2. The van der Waals surface area contributed by atoms with Crippen molar-refractivity contribution in [2.75, 3.05) is 37.6 Å². The minimum absolute atomic E-state index is 0.356. The summed E-state index contributed by atoms with van der Waals surface area (Å²) < 4.78 is 37.0. The summed E-state index contributed by atoms with van der Waals surface area (Å²) in [6.07, 6.45) is -4.14. The van der Waals surface area contributed by atoms with Crippen LogP contribution in [0.25, 0.3) is 0 Å². The van der Waals surface area contributed by atoms with Gasteiger partial charge >= 0.3 is 6.18 Å². The lowest BCUT2D eigenvalue weighted by Gasteiger charge is -2.37. The van der Waals surface area contributed by atoms with Gasteiger partial charge in [-0.05, 0) is 17.7 Å². The zero-order valence-corrected chi connectivity index (χ0v) is 12.3. The van der Waals surface area contributed by atoms with Crippen molar-refractivity contribution in [1.82, 2.24) is 4.90 Å². The Morgan fingerprint density at radius 2 is 1.75 bits per heavy atom. The maximum absolute atomic E-state index is 12.3. The molecule has 2 nitrogen and oxygen atoms in total. The van der Waals surface area contributed by atoms with Crippen LogP contribution in [-0.4, -0.2) is 43.8 Å². The zero-order valence-electron chi connectivity index (χ0n) is 10.8. The SMILES string of the molecule is FC(F)(F)CN1CCN(c2cc(Cl)ccc2CCl)CC1. The van der Waals surface area contributed by atoms with E-state index in [9.17, 15) is 13.2 Å². The average Bonchev–Trinajstić information content (AvgIpc) is 2.38. The summed E-state index contributed by atoms with van der Waals surface area (Å²) >= 11 is 11.9. The van der Waals surface area contributed by atoms with Crippen molar-refractivity contribution in [1.29, 1.82) is 0 Å². The van der Waals surface area contributed by atoms with Crippen molar-refractivity contribution in [3.63, 3.8) is 0 Å². The Labute approximate surface area is 126 Å². The number of rotatable bonds is 3. The van der Waals surface area contributed by atoms with E-state index in [2.05, 4.69) is 0 Å². The first kappa shape index (κ1) is 15.7. The van der Waals surface area contributed by atoms with Crippen LogP contribution in [0.4, 0.5) is 18.9 Å². The lowest BCUT2D eigenvalue weighted by atomic mass is 10.1. The number of nitrogens with zero attached hydrogens (tertiary/aromatic N) is 2. The number of benzene rings is 1. The molecule has 1 saturated heterocycles. The van der Waals surface area contributed by atoms with E-state index in [1.54, 1.807) is 6.07 Å². The minimum Gasteiger partial charge on any atom is -0.369 e.